The maximum absolute atomic E-state index is 12.2. The summed E-state index contributed by atoms with van der Waals surface area (Å²) in [6, 6.07) is 7.77. The summed E-state index contributed by atoms with van der Waals surface area (Å²) in [4.78, 5) is 13.5. The van der Waals surface area contributed by atoms with E-state index in [1.807, 2.05) is 18.2 Å². The third-order valence-electron chi connectivity index (χ3n) is 4.34. The van der Waals surface area contributed by atoms with Crippen LogP contribution in [-0.4, -0.2) is 12.7 Å². The first-order valence-electron chi connectivity index (χ1n) is 8.18. The highest BCUT2D eigenvalue weighted by Crippen LogP contribution is 2.37. The fourth-order valence-electron chi connectivity index (χ4n) is 3.11. The molecule has 0 radical (unpaired) electrons. The van der Waals surface area contributed by atoms with Crippen molar-refractivity contribution in [2.45, 2.75) is 25.7 Å². The number of nitrogens with one attached hydrogen (secondary N) is 1. The summed E-state index contributed by atoms with van der Waals surface area (Å²) in [6.07, 6.45) is 7.37. The van der Waals surface area contributed by atoms with Crippen molar-refractivity contribution in [3.8, 4) is 17.6 Å². The second-order valence-electron chi connectivity index (χ2n) is 5.96. The van der Waals surface area contributed by atoms with Gasteiger partial charge in [-0.3, -0.25) is 4.79 Å². The highest BCUT2D eigenvalue weighted by Gasteiger charge is 2.21. The molecule has 2 aliphatic rings. The van der Waals surface area contributed by atoms with Crippen LogP contribution >= 0.6 is 11.3 Å². The number of nitrogens with zero attached hydrogens (tertiary/aromatic N) is 1. The molecule has 1 aromatic heterocycles. The van der Waals surface area contributed by atoms with Crippen LogP contribution in [0.2, 0.25) is 0 Å². The van der Waals surface area contributed by atoms with Gasteiger partial charge in [-0.1, -0.05) is 6.07 Å². The number of fused-ring (bicyclic) bond motifs is 2. The Hall–Kier alpha value is -2.78. The van der Waals surface area contributed by atoms with E-state index in [-0.39, 0.29) is 12.7 Å². The minimum atomic E-state index is -0.243. The van der Waals surface area contributed by atoms with Crippen LogP contribution in [0.3, 0.4) is 0 Å². The van der Waals surface area contributed by atoms with Gasteiger partial charge >= 0.3 is 0 Å². The number of benzene rings is 1. The van der Waals surface area contributed by atoms with Crippen molar-refractivity contribution >= 4 is 28.3 Å². The van der Waals surface area contributed by atoms with Gasteiger partial charge in [-0.2, -0.15) is 5.26 Å². The van der Waals surface area contributed by atoms with Gasteiger partial charge in [-0.25, -0.2) is 0 Å². The average molecular weight is 352 g/mol. The van der Waals surface area contributed by atoms with E-state index in [9.17, 15) is 10.1 Å². The van der Waals surface area contributed by atoms with Crippen molar-refractivity contribution in [3.63, 3.8) is 0 Å². The number of anilines is 1. The van der Waals surface area contributed by atoms with Crippen molar-refractivity contribution < 1.29 is 14.3 Å². The van der Waals surface area contributed by atoms with E-state index in [0.717, 1.165) is 36.8 Å². The molecule has 2 heterocycles. The number of amides is 1. The molecule has 1 aliphatic carbocycles. The molecular formula is C19H16N2O3S. The lowest BCUT2D eigenvalue weighted by atomic mass is 9.96. The van der Waals surface area contributed by atoms with Crippen LogP contribution in [0.1, 0.15) is 34.4 Å². The van der Waals surface area contributed by atoms with Crippen molar-refractivity contribution in [2.75, 3.05) is 12.1 Å². The molecule has 0 spiro atoms. The minimum Gasteiger partial charge on any atom is -0.454 e. The number of carbonyl (C=O) groups excluding carboxylic acids is 1. The highest BCUT2D eigenvalue weighted by molar-refractivity contribution is 7.16. The number of hydrogen-bond donors (Lipinski definition) is 1. The van der Waals surface area contributed by atoms with E-state index in [4.69, 9.17) is 9.47 Å². The molecule has 0 saturated carbocycles. The van der Waals surface area contributed by atoms with Gasteiger partial charge in [0.15, 0.2) is 11.5 Å². The van der Waals surface area contributed by atoms with Gasteiger partial charge in [0, 0.05) is 11.0 Å². The predicted octanol–water partition coefficient (Wildman–Crippen LogP) is 3.88. The van der Waals surface area contributed by atoms with Gasteiger partial charge in [-0.05, 0) is 55.0 Å². The first kappa shape index (κ1) is 15.7. The zero-order valence-corrected chi connectivity index (χ0v) is 14.3. The van der Waals surface area contributed by atoms with Crippen LogP contribution in [0.5, 0.6) is 11.5 Å². The zero-order chi connectivity index (χ0) is 17.2. The van der Waals surface area contributed by atoms with Gasteiger partial charge in [0.05, 0.1) is 5.56 Å². The van der Waals surface area contributed by atoms with E-state index in [1.165, 1.54) is 22.3 Å². The molecule has 4 rings (SSSR count). The molecule has 1 aliphatic heterocycles. The fraction of sp³-hybridized carbons (Fsp3) is 0.263. The summed E-state index contributed by atoms with van der Waals surface area (Å²) in [6.45, 7) is 0.225. The number of rotatable bonds is 3. The molecular weight excluding hydrogens is 336 g/mol. The Labute approximate surface area is 149 Å². The van der Waals surface area contributed by atoms with E-state index in [0.29, 0.717) is 22.1 Å². The molecule has 1 aromatic carbocycles. The lowest BCUT2D eigenvalue weighted by molar-refractivity contribution is -0.111. The van der Waals surface area contributed by atoms with Gasteiger partial charge < -0.3 is 14.8 Å². The average Bonchev–Trinajstić information content (AvgIpc) is 3.23. The Bertz CT molecular complexity index is 908. The number of nitriles is 1. The third-order valence-corrected chi connectivity index (χ3v) is 5.55. The Kier molecular flexibility index (Phi) is 4.16. The lowest BCUT2D eigenvalue weighted by Crippen LogP contribution is -2.07. The fourth-order valence-corrected chi connectivity index (χ4v) is 4.36. The van der Waals surface area contributed by atoms with Gasteiger partial charge in [0.1, 0.15) is 11.1 Å². The highest BCUT2D eigenvalue weighted by atomic mass is 32.1. The summed E-state index contributed by atoms with van der Waals surface area (Å²) in [5.74, 6) is 1.15. The predicted molar refractivity (Wildman–Crippen MR) is 95.9 cm³/mol. The summed E-state index contributed by atoms with van der Waals surface area (Å²) in [5.41, 5.74) is 2.60. The van der Waals surface area contributed by atoms with Crippen LogP contribution < -0.4 is 14.8 Å². The summed E-state index contributed by atoms with van der Waals surface area (Å²) in [5, 5.41) is 13.0. The number of carbonyl (C=O) groups is 1. The maximum Gasteiger partial charge on any atom is 0.249 e. The topological polar surface area (TPSA) is 71.4 Å². The van der Waals surface area contributed by atoms with Crippen LogP contribution in [0.25, 0.3) is 6.08 Å². The van der Waals surface area contributed by atoms with Gasteiger partial charge in [0.2, 0.25) is 12.7 Å². The number of ether oxygens (including phenoxy) is 2. The molecule has 0 unspecified atom stereocenters. The SMILES string of the molecule is N#Cc1c(NC(=O)/C=C/c2ccc3c(c2)OCO3)sc2c1CCCC2. The van der Waals surface area contributed by atoms with Crippen molar-refractivity contribution in [2.24, 2.45) is 0 Å². The lowest BCUT2D eigenvalue weighted by Gasteiger charge is -2.09. The Morgan fingerprint density at radius 2 is 2.08 bits per heavy atom. The van der Waals surface area contributed by atoms with Crippen LogP contribution in [0, 0.1) is 11.3 Å². The Balaban J connectivity index is 1.49. The van der Waals surface area contributed by atoms with Gasteiger partial charge in [0.25, 0.3) is 0 Å². The van der Waals surface area contributed by atoms with E-state index >= 15 is 0 Å². The standard InChI is InChI=1S/C19H16N2O3S/c20-10-14-13-3-1-2-4-17(13)25-19(14)21-18(22)8-6-12-5-7-15-16(9-12)24-11-23-15/h5-9H,1-4,11H2,(H,21,22)/b8-6+. The molecule has 0 atom stereocenters. The number of hydrogen-bond acceptors (Lipinski definition) is 5. The molecule has 0 saturated heterocycles. The molecule has 25 heavy (non-hydrogen) atoms. The molecule has 126 valence electrons. The summed E-state index contributed by atoms with van der Waals surface area (Å²) < 4.78 is 10.6. The second kappa shape index (κ2) is 6.61. The first-order chi connectivity index (χ1) is 12.2. The zero-order valence-electron chi connectivity index (χ0n) is 13.5. The smallest absolute Gasteiger partial charge is 0.249 e. The normalized spacial score (nSPS) is 15.0. The molecule has 6 heteroatoms. The Morgan fingerprint density at radius 1 is 1.24 bits per heavy atom. The van der Waals surface area contributed by atoms with Crippen molar-refractivity contribution in [3.05, 3.63) is 45.8 Å². The molecule has 1 amide bonds. The van der Waals surface area contributed by atoms with Crippen LogP contribution in [0.4, 0.5) is 5.00 Å². The monoisotopic (exact) mass is 352 g/mol. The first-order valence-corrected chi connectivity index (χ1v) is 8.99. The van der Waals surface area contributed by atoms with Gasteiger partial charge in [-0.15, -0.1) is 11.3 Å². The molecule has 0 fully saturated rings. The maximum atomic E-state index is 12.2. The largest absolute Gasteiger partial charge is 0.454 e. The summed E-state index contributed by atoms with van der Waals surface area (Å²) >= 11 is 1.53. The van der Waals surface area contributed by atoms with E-state index in [2.05, 4.69) is 11.4 Å². The molecule has 1 N–H and O–H groups in total. The van der Waals surface area contributed by atoms with E-state index < -0.39 is 0 Å². The number of thiophene rings is 1. The quantitative estimate of drug-likeness (QED) is 0.851. The van der Waals surface area contributed by atoms with E-state index in [1.54, 1.807) is 6.08 Å². The third kappa shape index (κ3) is 3.11. The van der Waals surface area contributed by atoms with Crippen molar-refractivity contribution in [1.29, 1.82) is 5.26 Å². The van der Waals surface area contributed by atoms with Crippen LogP contribution in [-0.2, 0) is 17.6 Å². The second-order valence-corrected chi connectivity index (χ2v) is 7.07. The number of aryl methyl sites for hydroxylation is 1. The Morgan fingerprint density at radius 3 is 2.96 bits per heavy atom. The van der Waals surface area contributed by atoms with Crippen LogP contribution in [0.15, 0.2) is 24.3 Å². The summed E-state index contributed by atoms with van der Waals surface area (Å²) in [7, 11) is 0. The van der Waals surface area contributed by atoms with Crippen molar-refractivity contribution in [1.82, 2.24) is 0 Å². The molecule has 0 bridgehead atoms. The molecule has 5 nitrogen and oxygen atoms in total. The molecule has 2 aromatic rings. The minimum absolute atomic E-state index is 0.225.